The SMILES string of the molecule is C#CCN(CCO)C(=O)C(C)C. The van der Waals surface area contributed by atoms with E-state index in [4.69, 9.17) is 11.5 Å². The summed E-state index contributed by atoms with van der Waals surface area (Å²) < 4.78 is 0. The largest absolute Gasteiger partial charge is 0.395 e. The van der Waals surface area contributed by atoms with Crippen molar-refractivity contribution in [3.05, 3.63) is 0 Å². The first-order valence-corrected chi connectivity index (χ1v) is 3.96. The van der Waals surface area contributed by atoms with Crippen molar-refractivity contribution < 1.29 is 9.90 Å². The van der Waals surface area contributed by atoms with Gasteiger partial charge in [-0.15, -0.1) is 6.42 Å². The lowest BCUT2D eigenvalue weighted by Crippen LogP contribution is -2.36. The Labute approximate surface area is 73.4 Å². The van der Waals surface area contributed by atoms with Crippen molar-refractivity contribution >= 4 is 5.91 Å². The van der Waals surface area contributed by atoms with E-state index in [2.05, 4.69) is 5.92 Å². The van der Waals surface area contributed by atoms with Gasteiger partial charge in [-0.3, -0.25) is 4.79 Å². The topological polar surface area (TPSA) is 40.5 Å². The minimum atomic E-state index is -0.0649. The summed E-state index contributed by atoms with van der Waals surface area (Å²) in [6.07, 6.45) is 5.07. The molecule has 0 spiro atoms. The van der Waals surface area contributed by atoms with Gasteiger partial charge in [0.15, 0.2) is 0 Å². The third kappa shape index (κ3) is 3.40. The van der Waals surface area contributed by atoms with Crippen LogP contribution < -0.4 is 0 Å². The van der Waals surface area contributed by atoms with E-state index in [0.29, 0.717) is 6.54 Å². The third-order valence-corrected chi connectivity index (χ3v) is 1.46. The van der Waals surface area contributed by atoms with Gasteiger partial charge in [0.25, 0.3) is 0 Å². The van der Waals surface area contributed by atoms with E-state index >= 15 is 0 Å². The molecule has 68 valence electrons. The third-order valence-electron chi connectivity index (χ3n) is 1.46. The van der Waals surface area contributed by atoms with Gasteiger partial charge < -0.3 is 10.0 Å². The highest BCUT2D eigenvalue weighted by molar-refractivity contribution is 5.78. The number of aliphatic hydroxyl groups is 1. The van der Waals surface area contributed by atoms with Gasteiger partial charge in [-0.2, -0.15) is 0 Å². The van der Waals surface area contributed by atoms with Crippen molar-refractivity contribution in [2.45, 2.75) is 13.8 Å². The summed E-state index contributed by atoms with van der Waals surface area (Å²) in [6.45, 7) is 4.17. The molecule has 3 nitrogen and oxygen atoms in total. The first-order chi connectivity index (χ1) is 5.63. The molecule has 3 heteroatoms. The van der Waals surface area contributed by atoms with E-state index < -0.39 is 0 Å². The Morgan fingerprint density at radius 1 is 1.67 bits per heavy atom. The molecule has 0 aliphatic carbocycles. The van der Waals surface area contributed by atoms with Gasteiger partial charge >= 0.3 is 0 Å². The summed E-state index contributed by atoms with van der Waals surface area (Å²) >= 11 is 0. The van der Waals surface area contributed by atoms with Crippen molar-refractivity contribution in [2.24, 2.45) is 5.92 Å². The molecule has 1 N–H and O–H groups in total. The lowest BCUT2D eigenvalue weighted by molar-refractivity contribution is -0.134. The number of aliphatic hydroxyl groups excluding tert-OH is 1. The van der Waals surface area contributed by atoms with Gasteiger partial charge in [-0.25, -0.2) is 0 Å². The quantitative estimate of drug-likeness (QED) is 0.606. The zero-order valence-corrected chi connectivity index (χ0v) is 7.58. The predicted molar refractivity (Wildman–Crippen MR) is 47.3 cm³/mol. The van der Waals surface area contributed by atoms with Crippen molar-refractivity contribution in [2.75, 3.05) is 19.7 Å². The summed E-state index contributed by atoms with van der Waals surface area (Å²) in [5.41, 5.74) is 0. The van der Waals surface area contributed by atoms with Crippen LogP contribution in [-0.4, -0.2) is 35.6 Å². The summed E-state index contributed by atoms with van der Waals surface area (Å²) in [4.78, 5) is 12.8. The molecule has 0 aliphatic heterocycles. The Kier molecular flexibility index (Phi) is 5.14. The zero-order chi connectivity index (χ0) is 9.56. The Morgan fingerprint density at radius 2 is 2.25 bits per heavy atom. The van der Waals surface area contributed by atoms with Gasteiger partial charge in [-0.1, -0.05) is 19.8 Å². The Morgan fingerprint density at radius 3 is 2.58 bits per heavy atom. The van der Waals surface area contributed by atoms with Crippen LogP contribution in [0, 0.1) is 18.3 Å². The maximum atomic E-state index is 11.3. The van der Waals surface area contributed by atoms with Crippen LogP contribution in [0.5, 0.6) is 0 Å². The van der Waals surface area contributed by atoms with E-state index in [1.807, 2.05) is 13.8 Å². The second-order valence-electron chi connectivity index (χ2n) is 2.84. The summed E-state index contributed by atoms with van der Waals surface area (Å²) in [6, 6.07) is 0. The lowest BCUT2D eigenvalue weighted by atomic mass is 10.2. The molecule has 0 saturated carbocycles. The molecule has 0 bridgehead atoms. The number of carbonyl (C=O) groups is 1. The fraction of sp³-hybridized carbons (Fsp3) is 0.667. The van der Waals surface area contributed by atoms with Crippen LogP contribution in [0.3, 0.4) is 0 Å². The molecule has 0 saturated heterocycles. The Hall–Kier alpha value is -1.01. The normalized spacial score (nSPS) is 9.58. The van der Waals surface area contributed by atoms with Crippen LogP contribution >= 0.6 is 0 Å². The van der Waals surface area contributed by atoms with E-state index in [9.17, 15) is 4.79 Å². The number of amides is 1. The van der Waals surface area contributed by atoms with Gasteiger partial charge in [0.1, 0.15) is 0 Å². The van der Waals surface area contributed by atoms with E-state index in [-0.39, 0.29) is 25.0 Å². The number of carbonyl (C=O) groups excluding carboxylic acids is 1. The van der Waals surface area contributed by atoms with Gasteiger partial charge in [0.2, 0.25) is 5.91 Å². The molecule has 0 aliphatic rings. The lowest BCUT2D eigenvalue weighted by Gasteiger charge is -2.20. The first kappa shape index (κ1) is 11.0. The van der Waals surface area contributed by atoms with Gasteiger partial charge in [0, 0.05) is 12.5 Å². The number of nitrogens with zero attached hydrogens (tertiary/aromatic N) is 1. The average molecular weight is 169 g/mol. The van der Waals surface area contributed by atoms with Gasteiger partial charge in [-0.05, 0) is 0 Å². The molecule has 0 aromatic heterocycles. The van der Waals surface area contributed by atoms with E-state index in [1.165, 1.54) is 4.90 Å². The molecule has 12 heavy (non-hydrogen) atoms. The highest BCUT2D eigenvalue weighted by Gasteiger charge is 2.14. The maximum Gasteiger partial charge on any atom is 0.225 e. The van der Waals surface area contributed by atoms with Crippen molar-refractivity contribution in [1.82, 2.24) is 4.90 Å². The highest BCUT2D eigenvalue weighted by atomic mass is 16.3. The van der Waals surface area contributed by atoms with E-state index in [1.54, 1.807) is 0 Å². The minimum Gasteiger partial charge on any atom is -0.395 e. The van der Waals surface area contributed by atoms with Crippen LogP contribution in [0.15, 0.2) is 0 Å². The van der Waals surface area contributed by atoms with Gasteiger partial charge in [0.05, 0.1) is 13.2 Å². The van der Waals surface area contributed by atoms with Crippen LogP contribution in [0.25, 0.3) is 0 Å². The molecule has 0 fully saturated rings. The molecule has 1 amide bonds. The van der Waals surface area contributed by atoms with Crippen LogP contribution in [0.2, 0.25) is 0 Å². The molecule has 0 rings (SSSR count). The average Bonchev–Trinajstić information content (AvgIpc) is 2.03. The predicted octanol–water partition coefficient (Wildman–Crippen LogP) is 0.0965. The molecule has 0 unspecified atom stereocenters. The van der Waals surface area contributed by atoms with Crippen molar-refractivity contribution in [3.63, 3.8) is 0 Å². The zero-order valence-electron chi connectivity index (χ0n) is 7.58. The molecule has 0 aromatic rings. The minimum absolute atomic E-state index is 0.0120. The molecular formula is C9H15NO2. The fourth-order valence-corrected chi connectivity index (χ4v) is 0.863. The summed E-state index contributed by atoms with van der Waals surface area (Å²) in [5.74, 6) is 2.31. The van der Waals surface area contributed by atoms with Crippen LogP contribution in [0.1, 0.15) is 13.8 Å². The number of rotatable bonds is 4. The van der Waals surface area contributed by atoms with Crippen molar-refractivity contribution in [3.8, 4) is 12.3 Å². The Bertz CT molecular complexity index is 181. The molecule has 0 atom stereocenters. The number of hydrogen-bond acceptors (Lipinski definition) is 2. The van der Waals surface area contributed by atoms with Crippen LogP contribution in [0.4, 0.5) is 0 Å². The summed E-state index contributed by atoms with van der Waals surface area (Å²) in [7, 11) is 0. The second-order valence-corrected chi connectivity index (χ2v) is 2.84. The fourth-order valence-electron chi connectivity index (χ4n) is 0.863. The Balaban J connectivity index is 4.11. The summed E-state index contributed by atoms with van der Waals surface area (Å²) in [5, 5.41) is 8.63. The van der Waals surface area contributed by atoms with Crippen molar-refractivity contribution in [1.29, 1.82) is 0 Å². The second kappa shape index (κ2) is 5.62. The number of hydrogen-bond donors (Lipinski definition) is 1. The molecule has 0 aromatic carbocycles. The standard InChI is InChI=1S/C9H15NO2/c1-4-5-10(6-7-11)9(12)8(2)3/h1,8,11H,5-7H2,2-3H3. The molecule has 0 heterocycles. The maximum absolute atomic E-state index is 11.3. The van der Waals surface area contributed by atoms with Crippen LogP contribution in [-0.2, 0) is 4.79 Å². The smallest absolute Gasteiger partial charge is 0.225 e. The molecular weight excluding hydrogens is 154 g/mol. The van der Waals surface area contributed by atoms with E-state index in [0.717, 1.165) is 0 Å². The monoisotopic (exact) mass is 169 g/mol. The first-order valence-electron chi connectivity index (χ1n) is 3.96. The molecule has 0 radical (unpaired) electrons. The highest BCUT2D eigenvalue weighted by Crippen LogP contribution is 1.99. The number of terminal acetylenes is 1.